The third-order valence-electron chi connectivity index (χ3n) is 4.47. The van der Waals surface area contributed by atoms with E-state index in [1.807, 2.05) is 0 Å². The van der Waals surface area contributed by atoms with E-state index in [1.165, 1.54) is 31.3 Å². The Balaban J connectivity index is 1.68. The number of sulfonamides is 1. The average Bonchev–Trinajstić information content (AvgIpc) is 3.09. The fourth-order valence-corrected chi connectivity index (χ4v) is 4.02. The molecule has 0 aliphatic rings. The maximum Gasteiger partial charge on any atom is 0.273 e. The van der Waals surface area contributed by atoms with Gasteiger partial charge in [0.15, 0.2) is 0 Å². The first-order chi connectivity index (χ1) is 14.2. The van der Waals surface area contributed by atoms with E-state index >= 15 is 0 Å². The average molecular weight is 427 g/mol. The standard InChI is InChI=1S/C21H21N3O5S/c1-14-13-19(15(2)29-14)21(26)23-22-20(25)16-9-11-18(12-10-16)30(27,28)24(3)17-7-5-4-6-8-17/h4-13H,1-3H3,(H,22,25)(H,23,26). The van der Waals surface area contributed by atoms with E-state index in [9.17, 15) is 18.0 Å². The van der Waals surface area contributed by atoms with Gasteiger partial charge in [0.05, 0.1) is 16.1 Å². The summed E-state index contributed by atoms with van der Waals surface area (Å²) in [5.74, 6) is -0.0689. The van der Waals surface area contributed by atoms with Gasteiger partial charge in [-0.25, -0.2) is 8.42 Å². The molecule has 0 aliphatic heterocycles. The summed E-state index contributed by atoms with van der Waals surface area (Å²) >= 11 is 0. The molecule has 0 bridgehead atoms. The fourth-order valence-electron chi connectivity index (χ4n) is 2.82. The van der Waals surface area contributed by atoms with Crippen LogP contribution < -0.4 is 15.2 Å². The first-order valence-electron chi connectivity index (χ1n) is 9.02. The number of aryl methyl sites for hydroxylation is 2. The number of furan rings is 1. The van der Waals surface area contributed by atoms with Crippen molar-refractivity contribution < 1.29 is 22.4 Å². The van der Waals surface area contributed by atoms with E-state index in [1.54, 1.807) is 50.2 Å². The molecular weight excluding hydrogens is 406 g/mol. The second kappa shape index (κ2) is 8.42. The van der Waals surface area contributed by atoms with E-state index in [0.717, 1.165) is 4.31 Å². The summed E-state index contributed by atoms with van der Waals surface area (Å²) in [6, 6.07) is 15.7. The molecule has 156 valence electrons. The normalized spacial score (nSPS) is 11.0. The highest BCUT2D eigenvalue weighted by molar-refractivity contribution is 7.92. The number of carbonyl (C=O) groups is 2. The van der Waals surface area contributed by atoms with Crippen LogP contribution in [0.3, 0.4) is 0 Å². The van der Waals surface area contributed by atoms with Gasteiger partial charge in [0.25, 0.3) is 21.8 Å². The summed E-state index contributed by atoms with van der Waals surface area (Å²) in [4.78, 5) is 24.5. The minimum Gasteiger partial charge on any atom is -0.466 e. The number of para-hydroxylation sites is 1. The van der Waals surface area contributed by atoms with Gasteiger partial charge >= 0.3 is 0 Å². The van der Waals surface area contributed by atoms with Crippen LogP contribution in [0.5, 0.6) is 0 Å². The summed E-state index contributed by atoms with van der Waals surface area (Å²) < 4.78 is 32.0. The molecular formula is C21H21N3O5S. The molecule has 3 aromatic rings. The summed E-state index contributed by atoms with van der Waals surface area (Å²) in [6.07, 6.45) is 0. The van der Waals surface area contributed by atoms with Gasteiger partial charge in [-0.2, -0.15) is 0 Å². The number of carbonyl (C=O) groups excluding carboxylic acids is 2. The Kier molecular flexibility index (Phi) is 5.93. The zero-order valence-electron chi connectivity index (χ0n) is 16.7. The Morgan fingerprint density at radius 2 is 1.50 bits per heavy atom. The highest BCUT2D eigenvalue weighted by atomic mass is 32.2. The van der Waals surface area contributed by atoms with Crippen LogP contribution in [0.2, 0.25) is 0 Å². The Bertz CT molecular complexity index is 1170. The number of anilines is 1. The van der Waals surface area contributed by atoms with Crippen molar-refractivity contribution in [2.45, 2.75) is 18.7 Å². The predicted octanol–water partition coefficient (Wildman–Crippen LogP) is 2.80. The second-order valence-electron chi connectivity index (χ2n) is 6.57. The van der Waals surface area contributed by atoms with Gasteiger partial charge in [-0.1, -0.05) is 18.2 Å². The molecule has 0 unspecified atom stereocenters. The monoisotopic (exact) mass is 427 g/mol. The fraction of sp³-hybridized carbons (Fsp3) is 0.143. The zero-order valence-corrected chi connectivity index (χ0v) is 17.5. The van der Waals surface area contributed by atoms with Crippen molar-refractivity contribution in [3.8, 4) is 0 Å². The molecule has 0 spiro atoms. The summed E-state index contributed by atoms with van der Waals surface area (Å²) in [7, 11) is -2.32. The summed E-state index contributed by atoms with van der Waals surface area (Å²) in [6.45, 7) is 3.36. The molecule has 2 aromatic carbocycles. The number of hydrogen-bond acceptors (Lipinski definition) is 5. The minimum atomic E-state index is -3.78. The maximum atomic E-state index is 12.8. The first kappa shape index (κ1) is 21.1. The quantitative estimate of drug-likeness (QED) is 0.609. The highest BCUT2D eigenvalue weighted by Gasteiger charge is 2.21. The van der Waals surface area contributed by atoms with E-state index in [-0.39, 0.29) is 10.5 Å². The lowest BCUT2D eigenvalue weighted by molar-refractivity contribution is 0.0845. The van der Waals surface area contributed by atoms with Gasteiger partial charge in [-0.3, -0.25) is 24.7 Å². The molecule has 0 fully saturated rings. The van der Waals surface area contributed by atoms with Crippen LogP contribution in [0.1, 0.15) is 32.2 Å². The molecule has 0 saturated carbocycles. The van der Waals surface area contributed by atoms with Gasteiger partial charge in [-0.05, 0) is 56.3 Å². The Labute approximate surface area is 174 Å². The number of nitrogens with one attached hydrogen (secondary N) is 2. The topological polar surface area (TPSA) is 109 Å². The smallest absolute Gasteiger partial charge is 0.273 e. The highest BCUT2D eigenvalue weighted by Crippen LogP contribution is 2.22. The molecule has 0 radical (unpaired) electrons. The molecule has 0 atom stereocenters. The molecule has 0 saturated heterocycles. The van der Waals surface area contributed by atoms with Crippen molar-refractivity contribution in [1.29, 1.82) is 0 Å². The minimum absolute atomic E-state index is 0.0407. The maximum absolute atomic E-state index is 12.8. The van der Waals surface area contributed by atoms with Gasteiger partial charge in [0.2, 0.25) is 0 Å². The molecule has 3 rings (SSSR count). The molecule has 0 aliphatic carbocycles. The van der Waals surface area contributed by atoms with E-state index in [0.29, 0.717) is 22.8 Å². The molecule has 2 N–H and O–H groups in total. The molecule has 2 amide bonds. The van der Waals surface area contributed by atoms with Crippen molar-refractivity contribution >= 4 is 27.5 Å². The number of rotatable bonds is 5. The third-order valence-corrected chi connectivity index (χ3v) is 6.27. The van der Waals surface area contributed by atoms with Crippen LogP contribution in [0.4, 0.5) is 5.69 Å². The molecule has 1 heterocycles. The lowest BCUT2D eigenvalue weighted by atomic mass is 10.2. The number of hydrazine groups is 1. The van der Waals surface area contributed by atoms with Crippen LogP contribution in [0.25, 0.3) is 0 Å². The number of hydrogen-bond donors (Lipinski definition) is 2. The first-order valence-corrected chi connectivity index (χ1v) is 10.5. The van der Waals surface area contributed by atoms with Crippen LogP contribution in [-0.4, -0.2) is 27.3 Å². The van der Waals surface area contributed by atoms with Crippen LogP contribution in [0.15, 0.2) is 70.0 Å². The molecule has 8 nitrogen and oxygen atoms in total. The predicted molar refractivity (Wildman–Crippen MR) is 112 cm³/mol. The molecule has 30 heavy (non-hydrogen) atoms. The Hall–Kier alpha value is -3.59. The zero-order chi connectivity index (χ0) is 21.9. The SMILES string of the molecule is Cc1cc(C(=O)NNC(=O)c2ccc(S(=O)(=O)N(C)c3ccccc3)cc2)c(C)o1. The second-order valence-corrected chi connectivity index (χ2v) is 8.54. The van der Waals surface area contributed by atoms with Gasteiger partial charge in [0, 0.05) is 12.6 Å². The van der Waals surface area contributed by atoms with Crippen LogP contribution >= 0.6 is 0 Å². The third kappa shape index (κ3) is 4.36. The van der Waals surface area contributed by atoms with Gasteiger partial charge in [-0.15, -0.1) is 0 Å². The van der Waals surface area contributed by atoms with Gasteiger partial charge in [0.1, 0.15) is 11.5 Å². The van der Waals surface area contributed by atoms with Crippen LogP contribution in [0, 0.1) is 13.8 Å². The Morgan fingerprint density at radius 3 is 2.07 bits per heavy atom. The van der Waals surface area contributed by atoms with Crippen molar-refractivity contribution in [2.75, 3.05) is 11.4 Å². The van der Waals surface area contributed by atoms with Gasteiger partial charge < -0.3 is 4.42 Å². The van der Waals surface area contributed by atoms with Crippen molar-refractivity contribution in [2.24, 2.45) is 0 Å². The van der Waals surface area contributed by atoms with Crippen LogP contribution in [-0.2, 0) is 10.0 Å². The molecule has 1 aromatic heterocycles. The Morgan fingerprint density at radius 1 is 0.900 bits per heavy atom. The largest absolute Gasteiger partial charge is 0.466 e. The van der Waals surface area contributed by atoms with E-state index in [2.05, 4.69) is 10.9 Å². The summed E-state index contributed by atoms with van der Waals surface area (Å²) in [5, 5.41) is 0. The van der Waals surface area contributed by atoms with Crippen molar-refractivity contribution in [3.05, 3.63) is 83.3 Å². The summed E-state index contributed by atoms with van der Waals surface area (Å²) in [5.41, 5.74) is 5.64. The number of benzene rings is 2. The lowest BCUT2D eigenvalue weighted by Gasteiger charge is -2.19. The number of nitrogens with zero attached hydrogens (tertiary/aromatic N) is 1. The lowest BCUT2D eigenvalue weighted by Crippen LogP contribution is -2.41. The van der Waals surface area contributed by atoms with E-state index in [4.69, 9.17) is 4.42 Å². The van der Waals surface area contributed by atoms with E-state index < -0.39 is 21.8 Å². The van der Waals surface area contributed by atoms with Crippen molar-refractivity contribution in [1.82, 2.24) is 10.9 Å². The van der Waals surface area contributed by atoms with Crippen molar-refractivity contribution in [3.63, 3.8) is 0 Å². The molecule has 9 heteroatoms. The number of amides is 2.